The molecule has 0 bridgehead atoms. The van der Waals surface area contributed by atoms with Crippen molar-refractivity contribution in [3.05, 3.63) is 53.7 Å². The van der Waals surface area contributed by atoms with E-state index in [2.05, 4.69) is 71.1 Å². The van der Waals surface area contributed by atoms with Crippen molar-refractivity contribution in [2.75, 3.05) is 75.9 Å². The van der Waals surface area contributed by atoms with E-state index >= 15 is 0 Å². The summed E-state index contributed by atoms with van der Waals surface area (Å²) in [6, 6.07) is 17.5. The third-order valence-electron chi connectivity index (χ3n) is 8.44. The number of hydrogen-bond donors (Lipinski definition) is 0. The molecule has 0 spiro atoms. The molecular weight excluding hydrogens is 534 g/mol. The van der Waals surface area contributed by atoms with Crippen LogP contribution in [0.25, 0.3) is 10.8 Å². The summed E-state index contributed by atoms with van der Waals surface area (Å²) in [5.41, 5.74) is 3.28. The van der Waals surface area contributed by atoms with Gasteiger partial charge >= 0.3 is 12.1 Å². The summed E-state index contributed by atoms with van der Waals surface area (Å²) in [5.74, 6) is 0.868. The molecule has 0 N–H and O–H groups in total. The second-order valence-electron chi connectivity index (χ2n) is 11.2. The van der Waals surface area contributed by atoms with Gasteiger partial charge in [0.2, 0.25) is 0 Å². The van der Waals surface area contributed by atoms with E-state index in [0.29, 0.717) is 58.0 Å². The summed E-state index contributed by atoms with van der Waals surface area (Å²) in [6.07, 6.45) is 0.291. The molecule has 2 aromatic carbocycles. The Kier molecular flexibility index (Phi) is 8.26. The molecule has 11 nitrogen and oxygen atoms in total. The first-order chi connectivity index (χ1) is 20.5. The normalized spacial score (nSPS) is 21.1. The molecular formula is C31H37N7O4. The van der Waals surface area contributed by atoms with Crippen LogP contribution in [0.4, 0.5) is 16.3 Å². The van der Waals surface area contributed by atoms with E-state index in [9.17, 15) is 4.79 Å². The Labute approximate surface area is 246 Å². The van der Waals surface area contributed by atoms with Crippen LogP contribution in [0, 0.1) is 11.3 Å². The maximum Gasteiger partial charge on any atom is 0.410 e. The van der Waals surface area contributed by atoms with Crippen molar-refractivity contribution in [3.63, 3.8) is 0 Å². The molecule has 2 saturated heterocycles. The van der Waals surface area contributed by atoms with E-state index in [1.807, 2.05) is 6.07 Å². The number of amides is 1. The number of hydrogen-bond acceptors (Lipinski definition) is 10. The van der Waals surface area contributed by atoms with Crippen LogP contribution in [0.5, 0.6) is 6.01 Å². The number of nitriles is 1. The van der Waals surface area contributed by atoms with Crippen LogP contribution in [0.2, 0.25) is 0 Å². The van der Waals surface area contributed by atoms with Crippen molar-refractivity contribution in [3.8, 4) is 12.1 Å². The smallest absolute Gasteiger partial charge is 0.410 e. The Morgan fingerprint density at radius 2 is 1.88 bits per heavy atom. The molecule has 42 heavy (non-hydrogen) atoms. The van der Waals surface area contributed by atoms with Crippen molar-refractivity contribution in [1.29, 1.82) is 5.26 Å². The number of ether oxygens (including phenoxy) is 3. The Hall–Kier alpha value is -4.14. The van der Waals surface area contributed by atoms with Gasteiger partial charge in [-0.3, -0.25) is 4.90 Å². The average molecular weight is 572 g/mol. The highest BCUT2D eigenvalue weighted by Crippen LogP contribution is 2.34. The molecule has 1 amide bonds. The van der Waals surface area contributed by atoms with Gasteiger partial charge in [-0.25, -0.2) is 4.79 Å². The number of nitrogens with zero attached hydrogens (tertiary/aromatic N) is 7. The highest BCUT2D eigenvalue weighted by Gasteiger charge is 2.30. The van der Waals surface area contributed by atoms with Crippen LogP contribution in [-0.4, -0.2) is 104 Å². The predicted molar refractivity (Wildman–Crippen MR) is 159 cm³/mol. The minimum absolute atomic E-state index is 0.0515. The second-order valence-corrected chi connectivity index (χ2v) is 11.2. The molecule has 3 aliphatic rings. The van der Waals surface area contributed by atoms with E-state index in [1.54, 1.807) is 4.90 Å². The van der Waals surface area contributed by atoms with Crippen LogP contribution in [0.3, 0.4) is 0 Å². The third-order valence-corrected chi connectivity index (χ3v) is 8.44. The number of anilines is 2. The minimum atomic E-state index is -0.456. The quantitative estimate of drug-likeness (QED) is 0.438. The Morgan fingerprint density at radius 1 is 1.07 bits per heavy atom. The zero-order valence-electron chi connectivity index (χ0n) is 24.2. The molecule has 0 saturated carbocycles. The highest BCUT2D eigenvalue weighted by atomic mass is 16.6. The number of rotatable bonds is 6. The van der Waals surface area contributed by atoms with Crippen molar-refractivity contribution in [1.82, 2.24) is 19.8 Å². The van der Waals surface area contributed by atoms with Gasteiger partial charge in [-0.05, 0) is 31.8 Å². The molecule has 1 aromatic heterocycles. The van der Waals surface area contributed by atoms with Crippen LogP contribution >= 0.6 is 0 Å². The number of piperazine rings is 1. The molecule has 11 heteroatoms. The molecule has 3 aliphatic heterocycles. The summed E-state index contributed by atoms with van der Waals surface area (Å²) in [4.78, 5) is 30.7. The van der Waals surface area contributed by atoms with E-state index in [4.69, 9.17) is 29.4 Å². The van der Waals surface area contributed by atoms with Gasteiger partial charge in [0.25, 0.3) is 0 Å². The minimum Gasteiger partial charge on any atom is -0.461 e. The maximum absolute atomic E-state index is 12.3. The third kappa shape index (κ3) is 5.91. The van der Waals surface area contributed by atoms with Gasteiger partial charge in [0, 0.05) is 61.9 Å². The fourth-order valence-electron chi connectivity index (χ4n) is 5.92. The first kappa shape index (κ1) is 28.0. The summed E-state index contributed by atoms with van der Waals surface area (Å²) in [7, 11) is 2.10. The van der Waals surface area contributed by atoms with Crippen molar-refractivity contribution in [2.45, 2.75) is 32.0 Å². The summed E-state index contributed by atoms with van der Waals surface area (Å²) in [6.45, 7) is 7.42. The van der Waals surface area contributed by atoms with E-state index < -0.39 is 6.09 Å². The lowest BCUT2D eigenvalue weighted by molar-refractivity contribution is -0.0662. The van der Waals surface area contributed by atoms with Gasteiger partial charge < -0.3 is 28.9 Å². The number of benzene rings is 2. The maximum atomic E-state index is 12.3. The highest BCUT2D eigenvalue weighted by molar-refractivity contribution is 5.94. The summed E-state index contributed by atoms with van der Waals surface area (Å²) in [5, 5.41) is 11.2. The van der Waals surface area contributed by atoms with Gasteiger partial charge in [0.15, 0.2) is 6.61 Å². The number of carbonyl (C=O) groups is 1. The predicted octanol–water partition coefficient (Wildman–Crippen LogP) is 3.07. The fraction of sp³-hybridized carbons (Fsp3) is 0.484. The number of carbonyl (C=O) groups excluding carboxylic acids is 1. The van der Waals surface area contributed by atoms with Gasteiger partial charge in [-0.15, -0.1) is 0 Å². The lowest BCUT2D eigenvalue weighted by Crippen LogP contribution is -2.50. The molecule has 0 radical (unpaired) electrons. The molecule has 2 fully saturated rings. The lowest BCUT2D eigenvalue weighted by atomic mass is 10.0. The Morgan fingerprint density at radius 3 is 2.69 bits per heavy atom. The van der Waals surface area contributed by atoms with Gasteiger partial charge in [-0.1, -0.05) is 36.4 Å². The number of aromatic nitrogens is 2. The van der Waals surface area contributed by atoms with Crippen molar-refractivity contribution in [2.24, 2.45) is 0 Å². The van der Waals surface area contributed by atoms with Gasteiger partial charge in [-0.2, -0.15) is 15.2 Å². The second kappa shape index (κ2) is 12.4. The van der Waals surface area contributed by atoms with E-state index in [0.717, 1.165) is 36.6 Å². The first-order valence-corrected chi connectivity index (χ1v) is 14.6. The average Bonchev–Trinajstić information content (AvgIpc) is 3.03. The van der Waals surface area contributed by atoms with E-state index in [1.165, 1.54) is 16.5 Å². The molecule has 0 aliphatic carbocycles. The number of fused-ring (bicyclic) bond motifs is 2. The van der Waals surface area contributed by atoms with Gasteiger partial charge in [0.1, 0.15) is 24.6 Å². The summed E-state index contributed by atoms with van der Waals surface area (Å²) >= 11 is 0. The Bertz CT molecular complexity index is 1460. The van der Waals surface area contributed by atoms with E-state index in [-0.39, 0.29) is 12.7 Å². The molecule has 0 unspecified atom stereocenters. The molecule has 6 rings (SSSR count). The molecule has 4 heterocycles. The summed E-state index contributed by atoms with van der Waals surface area (Å²) < 4.78 is 17.2. The zero-order valence-corrected chi connectivity index (χ0v) is 24.2. The topological polar surface area (TPSA) is 107 Å². The monoisotopic (exact) mass is 571 g/mol. The molecule has 2 atom stereocenters. The van der Waals surface area contributed by atoms with Crippen LogP contribution in [0.15, 0.2) is 42.5 Å². The zero-order chi connectivity index (χ0) is 29.1. The molecule has 220 valence electrons. The SMILES string of the molecule is C[C@@H]1CO[C@@H](COc2nc3c(c(N4CCN(C(=O)OCC#N)CC4)n2)CCN(c2cccc4ccccc24)C3)CN1C. The van der Waals surface area contributed by atoms with Crippen LogP contribution in [0.1, 0.15) is 18.2 Å². The number of morpholine rings is 1. The molecule has 3 aromatic rings. The van der Waals surface area contributed by atoms with Crippen molar-refractivity contribution >= 4 is 28.4 Å². The van der Waals surface area contributed by atoms with Gasteiger partial charge in [0.05, 0.1) is 18.8 Å². The Balaban J connectivity index is 1.25. The van der Waals surface area contributed by atoms with Crippen LogP contribution < -0.4 is 14.5 Å². The first-order valence-electron chi connectivity index (χ1n) is 14.6. The fourth-order valence-corrected chi connectivity index (χ4v) is 5.92. The lowest BCUT2D eigenvalue weighted by Gasteiger charge is -2.38. The van der Waals surface area contributed by atoms with Crippen LogP contribution in [-0.2, 0) is 22.4 Å². The largest absolute Gasteiger partial charge is 0.461 e. The van der Waals surface area contributed by atoms with Crippen molar-refractivity contribution < 1.29 is 19.0 Å². The standard InChI is InChI=1S/C31H37N7O4/c1-22-20-41-24(18-35(22)2)21-42-30-33-27-19-38(28-9-5-7-23-6-3-4-8-25(23)28)12-10-26(27)29(34-30)36-13-15-37(16-14-36)31(39)40-17-11-32/h3-9,22,24H,10,12-21H2,1-2H3/t22-,24-/m1/s1. The number of likely N-dealkylation sites (N-methyl/N-ethyl adjacent to an activating group) is 1.